The number of aromatic nitrogens is 2. The van der Waals surface area contributed by atoms with Gasteiger partial charge in [0.25, 0.3) is 5.89 Å². The predicted octanol–water partition coefficient (Wildman–Crippen LogP) is 3.91. The number of nitrogens with zero attached hydrogens (tertiary/aromatic N) is 2. The molecule has 0 bridgehead atoms. The highest BCUT2D eigenvalue weighted by Gasteiger charge is 2.15. The molecule has 0 aliphatic heterocycles. The summed E-state index contributed by atoms with van der Waals surface area (Å²) in [6, 6.07) is 14.3. The smallest absolute Gasteiger partial charge is 0.387 e. The van der Waals surface area contributed by atoms with Crippen molar-refractivity contribution >= 4 is 27.5 Å². The zero-order chi connectivity index (χ0) is 14.1. The van der Waals surface area contributed by atoms with E-state index < -0.39 is 5.76 Å². The molecule has 2 aromatic carbocycles. The first-order valence-corrected chi connectivity index (χ1v) is 6.94. The summed E-state index contributed by atoms with van der Waals surface area (Å²) in [4.78, 5) is 11.9. The van der Waals surface area contributed by atoms with Crippen LogP contribution < -0.4 is 5.76 Å². The molecule has 3 rings (SSSR count). The van der Waals surface area contributed by atoms with Crippen molar-refractivity contribution in [1.29, 1.82) is 0 Å². The standard InChI is InChI=1S/C14H8BrClN2O2/c15-10-6-2-1-5-9(10)13-17-18(14(19)20-13)12-8-4-3-7-11(12)16/h1-8H. The van der Waals surface area contributed by atoms with Crippen LogP contribution in [0.1, 0.15) is 0 Å². The Morgan fingerprint density at radius 2 is 1.80 bits per heavy atom. The molecular formula is C14H8BrClN2O2. The molecule has 1 heterocycles. The summed E-state index contributed by atoms with van der Waals surface area (Å²) in [5.74, 6) is -0.341. The Morgan fingerprint density at radius 1 is 1.10 bits per heavy atom. The third-order valence-electron chi connectivity index (χ3n) is 2.73. The van der Waals surface area contributed by atoms with Crippen LogP contribution in [-0.4, -0.2) is 9.78 Å². The zero-order valence-electron chi connectivity index (χ0n) is 10.1. The fraction of sp³-hybridized carbons (Fsp3) is 0. The Balaban J connectivity index is 2.16. The van der Waals surface area contributed by atoms with E-state index in [0.717, 1.165) is 9.15 Å². The minimum atomic E-state index is -0.580. The molecule has 0 unspecified atom stereocenters. The van der Waals surface area contributed by atoms with Gasteiger partial charge in [-0.15, -0.1) is 5.10 Å². The molecule has 4 nitrogen and oxygen atoms in total. The van der Waals surface area contributed by atoms with E-state index in [4.69, 9.17) is 16.0 Å². The van der Waals surface area contributed by atoms with Crippen molar-refractivity contribution in [2.75, 3.05) is 0 Å². The summed E-state index contributed by atoms with van der Waals surface area (Å²) in [5.41, 5.74) is 1.19. The molecule has 0 radical (unpaired) electrons. The van der Waals surface area contributed by atoms with Crippen LogP contribution in [0.25, 0.3) is 17.1 Å². The third kappa shape index (κ3) is 2.30. The lowest BCUT2D eigenvalue weighted by Crippen LogP contribution is -2.13. The van der Waals surface area contributed by atoms with Crippen molar-refractivity contribution in [3.8, 4) is 17.1 Å². The Labute approximate surface area is 127 Å². The number of para-hydroxylation sites is 1. The lowest BCUT2D eigenvalue weighted by Gasteiger charge is -2.00. The maximum Gasteiger partial charge on any atom is 0.442 e. The molecule has 100 valence electrons. The lowest BCUT2D eigenvalue weighted by molar-refractivity contribution is 0.516. The van der Waals surface area contributed by atoms with E-state index in [-0.39, 0.29) is 5.89 Å². The van der Waals surface area contributed by atoms with Crippen LogP contribution in [0.2, 0.25) is 5.02 Å². The van der Waals surface area contributed by atoms with E-state index in [9.17, 15) is 4.79 Å². The van der Waals surface area contributed by atoms with Gasteiger partial charge >= 0.3 is 5.76 Å². The van der Waals surface area contributed by atoms with Gasteiger partial charge in [0.2, 0.25) is 0 Å². The van der Waals surface area contributed by atoms with Gasteiger partial charge in [0.1, 0.15) is 0 Å². The van der Waals surface area contributed by atoms with E-state index in [0.29, 0.717) is 16.3 Å². The van der Waals surface area contributed by atoms with Gasteiger partial charge in [-0.2, -0.15) is 4.68 Å². The molecule has 20 heavy (non-hydrogen) atoms. The summed E-state index contributed by atoms with van der Waals surface area (Å²) < 4.78 is 7.15. The largest absolute Gasteiger partial charge is 0.442 e. The second-order valence-corrected chi connectivity index (χ2v) is 5.28. The van der Waals surface area contributed by atoms with Crippen LogP contribution >= 0.6 is 27.5 Å². The molecule has 0 fully saturated rings. The lowest BCUT2D eigenvalue weighted by atomic mass is 10.2. The average Bonchev–Trinajstić information content (AvgIpc) is 2.81. The van der Waals surface area contributed by atoms with Crippen molar-refractivity contribution in [1.82, 2.24) is 9.78 Å². The maximum atomic E-state index is 11.9. The van der Waals surface area contributed by atoms with Gasteiger partial charge < -0.3 is 4.42 Å². The summed E-state index contributed by atoms with van der Waals surface area (Å²) in [5, 5.41) is 4.63. The molecule has 0 spiro atoms. The van der Waals surface area contributed by atoms with Gasteiger partial charge in [0, 0.05) is 4.47 Å². The highest BCUT2D eigenvalue weighted by Crippen LogP contribution is 2.26. The Morgan fingerprint density at radius 3 is 2.55 bits per heavy atom. The molecule has 0 N–H and O–H groups in total. The summed E-state index contributed by atoms with van der Waals surface area (Å²) in [6.45, 7) is 0. The Kier molecular flexibility index (Phi) is 3.46. The van der Waals surface area contributed by atoms with Crippen LogP contribution in [0.15, 0.2) is 62.2 Å². The quantitative estimate of drug-likeness (QED) is 0.703. The van der Waals surface area contributed by atoms with Gasteiger partial charge in [-0.1, -0.05) is 35.9 Å². The van der Waals surface area contributed by atoms with Gasteiger partial charge in [0.15, 0.2) is 0 Å². The Hall–Kier alpha value is -1.85. The van der Waals surface area contributed by atoms with E-state index in [1.165, 1.54) is 0 Å². The molecule has 0 aliphatic carbocycles. The molecule has 6 heteroatoms. The van der Waals surface area contributed by atoms with Crippen molar-refractivity contribution in [3.63, 3.8) is 0 Å². The van der Waals surface area contributed by atoms with Crippen molar-refractivity contribution < 1.29 is 4.42 Å². The van der Waals surface area contributed by atoms with E-state index in [1.807, 2.05) is 24.3 Å². The van der Waals surface area contributed by atoms with Gasteiger partial charge in [-0.05, 0) is 40.2 Å². The van der Waals surface area contributed by atoms with Crippen molar-refractivity contribution in [2.24, 2.45) is 0 Å². The fourth-order valence-electron chi connectivity index (χ4n) is 1.80. The molecule has 0 saturated carbocycles. The van der Waals surface area contributed by atoms with Gasteiger partial charge in [-0.25, -0.2) is 4.79 Å². The maximum absolute atomic E-state index is 11.9. The molecule has 0 atom stereocenters. The third-order valence-corrected chi connectivity index (χ3v) is 3.74. The first kappa shape index (κ1) is 13.1. The van der Waals surface area contributed by atoms with E-state index in [2.05, 4.69) is 21.0 Å². The second-order valence-electron chi connectivity index (χ2n) is 4.02. The van der Waals surface area contributed by atoms with Gasteiger partial charge in [0.05, 0.1) is 16.3 Å². The van der Waals surface area contributed by atoms with Crippen LogP contribution in [0, 0.1) is 0 Å². The van der Waals surface area contributed by atoms with Crippen LogP contribution in [-0.2, 0) is 0 Å². The van der Waals surface area contributed by atoms with Gasteiger partial charge in [-0.3, -0.25) is 0 Å². The fourth-order valence-corrected chi connectivity index (χ4v) is 2.47. The number of hydrogen-bond acceptors (Lipinski definition) is 3. The first-order chi connectivity index (χ1) is 9.66. The number of halogens is 2. The molecule has 0 saturated heterocycles. The summed E-state index contributed by atoms with van der Waals surface area (Å²) in [6.07, 6.45) is 0. The summed E-state index contributed by atoms with van der Waals surface area (Å²) >= 11 is 9.47. The van der Waals surface area contributed by atoms with Crippen LogP contribution in [0.3, 0.4) is 0 Å². The molecule has 0 aliphatic rings. The molecule has 1 aromatic heterocycles. The van der Waals surface area contributed by atoms with Crippen LogP contribution in [0.5, 0.6) is 0 Å². The zero-order valence-corrected chi connectivity index (χ0v) is 12.4. The van der Waals surface area contributed by atoms with Crippen molar-refractivity contribution in [2.45, 2.75) is 0 Å². The number of hydrogen-bond donors (Lipinski definition) is 0. The molecule has 3 aromatic rings. The normalized spacial score (nSPS) is 10.7. The van der Waals surface area contributed by atoms with E-state index >= 15 is 0 Å². The molecule has 0 amide bonds. The van der Waals surface area contributed by atoms with Crippen molar-refractivity contribution in [3.05, 3.63) is 68.6 Å². The predicted molar refractivity (Wildman–Crippen MR) is 80.2 cm³/mol. The average molecular weight is 352 g/mol. The minimum Gasteiger partial charge on any atom is -0.387 e. The molecular weight excluding hydrogens is 344 g/mol. The SMILES string of the molecule is O=c1oc(-c2ccccc2Br)nn1-c1ccccc1Cl. The summed E-state index contributed by atoms with van der Waals surface area (Å²) in [7, 11) is 0. The number of benzene rings is 2. The highest BCUT2D eigenvalue weighted by molar-refractivity contribution is 9.10. The van der Waals surface area contributed by atoms with Crippen LogP contribution in [0.4, 0.5) is 0 Å². The van der Waals surface area contributed by atoms with E-state index in [1.54, 1.807) is 24.3 Å². The highest BCUT2D eigenvalue weighted by atomic mass is 79.9. The Bertz CT molecular complexity index is 826. The second kappa shape index (κ2) is 5.26. The topological polar surface area (TPSA) is 48.0 Å². The number of rotatable bonds is 2. The minimum absolute atomic E-state index is 0.238. The monoisotopic (exact) mass is 350 g/mol. The first-order valence-electron chi connectivity index (χ1n) is 5.77.